The van der Waals surface area contributed by atoms with E-state index in [-0.39, 0.29) is 5.41 Å². The fraction of sp³-hybridized carbons (Fsp3) is 0.263. The molecule has 0 spiro atoms. The molecular formula is C19H18N4O3. The number of furan rings is 1. The van der Waals surface area contributed by atoms with E-state index in [9.17, 15) is 0 Å². The first-order valence-electron chi connectivity index (χ1n) is 8.48. The molecule has 0 aliphatic carbocycles. The van der Waals surface area contributed by atoms with Crippen LogP contribution in [0.2, 0.25) is 0 Å². The van der Waals surface area contributed by atoms with E-state index in [1.807, 2.05) is 30.3 Å². The van der Waals surface area contributed by atoms with Gasteiger partial charge in [0, 0.05) is 23.4 Å². The lowest BCUT2D eigenvalue weighted by Gasteiger charge is -2.37. The Kier molecular flexibility index (Phi) is 3.36. The summed E-state index contributed by atoms with van der Waals surface area (Å²) in [6, 6.07) is 9.70. The maximum absolute atomic E-state index is 5.95. The van der Waals surface area contributed by atoms with Crippen LogP contribution in [0.5, 0.6) is 5.75 Å². The molecule has 0 atom stereocenters. The van der Waals surface area contributed by atoms with E-state index in [1.165, 1.54) is 0 Å². The fourth-order valence-corrected chi connectivity index (χ4v) is 3.06. The molecule has 5 rings (SSSR count). The predicted octanol–water partition coefficient (Wildman–Crippen LogP) is 3.86. The van der Waals surface area contributed by atoms with E-state index < -0.39 is 0 Å². The number of nitrogens with zero attached hydrogens (tertiary/aromatic N) is 2. The van der Waals surface area contributed by atoms with Crippen LogP contribution in [0.25, 0.3) is 22.0 Å². The number of hydrogen-bond acceptors (Lipinski definition) is 6. The average Bonchev–Trinajstić information content (AvgIpc) is 3.23. The van der Waals surface area contributed by atoms with Gasteiger partial charge in [0.2, 0.25) is 0 Å². The van der Waals surface area contributed by atoms with Crippen LogP contribution < -0.4 is 10.1 Å². The normalized spacial score (nSPS) is 15.9. The van der Waals surface area contributed by atoms with Crippen molar-refractivity contribution in [1.82, 2.24) is 15.2 Å². The molecule has 132 valence electrons. The van der Waals surface area contributed by atoms with Crippen LogP contribution in [0.15, 0.2) is 47.2 Å². The largest absolute Gasteiger partial charge is 0.489 e. The number of hydrogen-bond donors (Lipinski definition) is 2. The monoisotopic (exact) mass is 350 g/mol. The van der Waals surface area contributed by atoms with Crippen molar-refractivity contribution in [3.8, 4) is 5.75 Å². The Bertz CT molecular complexity index is 1080. The van der Waals surface area contributed by atoms with Crippen LogP contribution in [0, 0.1) is 5.41 Å². The highest BCUT2D eigenvalue weighted by Crippen LogP contribution is 2.34. The third kappa shape index (κ3) is 2.57. The highest BCUT2D eigenvalue weighted by atomic mass is 16.5. The zero-order valence-corrected chi connectivity index (χ0v) is 14.3. The van der Waals surface area contributed by atoms with E-state index in [1.54, 1.807) is 12.5 Å². The molecular weight excluding hydrogens is 332 g/mol. The number of H-pyrrole nitrogens is 1. The number of rotatable bonds is 5. The number of ether oxygens (including phenoxy) is 2. The highest BCUT2D eigenvalue weighted by Gasteiger charge is 2.34. The zero-order valence-electron chi connectivity index (χ0n) is 14.3. The molecule has 1 aliphatic rings. The van der Waals surface area contributed by atoms with Gasteiger partial charge in [-0.2, -0.15) is 5.10 Å². The Morgan fingerprint density at radius 2 is 2.23 bits per heavy atom. The average molecular weight is 350 g/mol. The molecule has 1 aliphatic heterocycles. The van der Waals surface area contributed by atoms with Crippen molar-refractivity contribution in [3.05, 3.63) is 42.8 Å². The van der Waals surface area contributed by atoms with Crippen molar-refractivity contribution in [2.75, 3.05) is 25.1 Å². The second-order valence-corrected chi connectivity index (χ2v) is 7.00. The van der Waals surface area contributed by atoms with Gasteiger partial charge in [-0.3, -0.25) is 10.1 Å². The number of nitrogens with one attached hydrogen (secondary N) is 2. The van der Waals surface area contributed by atoms with Crippen LogP contribution in [0.1, 0.15) is 6.92 Å². The van der Waals surface area contributed by atoms with Crippen molar-refractivity contribution in [3.63, 3.8) is 0 Å². The number of aromatic amines is 1. The standard InChI is InChI=1S/C19H18N4O3/c1-19(9-24-10-19)11-26-16-8-25-15-7-12(4-5-13(15)16)21-18-17-14(22-23-18)3-2-6-20-17/h2-8H,9-11H2,1H3,(H2,21,22,23). The van der Waals surface area contributed by atoms with Gasteiger partial charge < -0.3 is 19.2 Å². The van der Waals surface area contributed by atoms with E-state index in [0.717, 1.165) is 46.7 Å². The van der Waals surface area contributed by atoms with E-state index >= 15 is 0 Å². The fourth-order valence-electron chi connectivity index (χ4n) is 3.06. The summed E-state index contributed by atoms with van der Waals surface area (Å²) in [5, 5.41) is 11.5. The van der Waals surface area contributed by atoms with Gasteiger partial charge in [-0.25, -0.2) is 0 Å². The van der Waals surface area contributed by atoms with E-state index in [0.29, 0.717) is 12.4 Å². The maximum atomic E-state index is 5.95. The molecule has 7 heteroatoms. The maximum Gasteiger partial charge on any atom is 0.178 e. The van der Waals surface area contributed by atoms with Gasteiger partial charge in [-0.1, -0.05) is 6.92 Å². The topological polar surface area (TPSA) is 85.2 Å². The third-order valence-electron chi connectivity index (χ3n) is 4.60. The van der Waals surface area contributed by atoms with Gasteiger partial charge in [-0.15, -0.1) is 0 Å². The Morgan fingerprint density at radius 1 is 1.31 bits per heavy atom. The molecule has 7 nitrogen and oxygen atoms in total. The van der Waals surface area contributed by atoms with Gasteiger partial charge in [-0.05, 0) is 24.3 Å². The van der Waals surface area contributed by atoms with Gasteiger partial charge in [0.15, 0.2) is 11.6 Å². The molecule has 1 fully saturated rings. The van der Waals surface area contributed by atoms with Gasteiger partial charge in [0.25, 0.3) is 0 Å². The lowest BCUT2D eigenvalue weighted by molar-refractivity contribution is -0.120. The molecule has 0 radical (unpaired) electrons. The molecule has 2 N–H and O–H groups in total. The van der Waals surface area contributed by atoms with Crippen molar-refractivity contribution in [2.45, 2.75) is 6.92 Å². The van der Waals surface area contributed by atoms with E-state index in [2.05, 4.69) is 27.4 Å². The lowest BCUT2D eigenvalue weighted by Crippen LogP contribution is -2.44. The minimum atomic E-state index is 0.0963. The van der Waals surface area contributed by atoms with Gasteiger partial charge in [0.1, 0.15) is 17.4 Å². The molecule has 0 saturated carbocycles. The number of pyridine rings is 1. The molecule has 3 aromatic heterocycles. The molecule has 26 heavy (non-hydrogen) atoms. The predicted molar refractivity (Wildman–Crippen MR) is 97.8 cm³/mol. The smallest absolute Gasteiger partial charge is 0.178 e. The number of aromatic nitrogens is 3. The lowest BCUT2D eigenvalue weighted by atomic mass is 9.90. The van der Waals surface area contributed by atoms with Gasteiger partial charge in [0.05, 0.1) is 30.7 Å². The Balaban J connectivity index is 1.38. The summed E-state index contributed by atoms with van der Waals surface area (Å²) in [5.74, 6) is 1.44. The number of fused-ring (bicyclic) bond motifs is 2. The third-order valence-corrected chi connectivity index (χ3v) is 4.60. The quantitative estimate of drug-likeness (QED) is 0.568. The van der Waals surface area contributed by atoms with Crippen molar-refractivity contribution < 1.29 is 13.9 Å². The SMILES string of the molecule is CC1(COc2coc3cc(Nc4n[nH]c5cccnc45)ccc23)COC1. The molecule has 1 saturated heterocycles. The van der Waals surface area contributed by atoms with Crippen LogP contribution in [0.3, 0.4) is 0 Å². The minimum absolute atomic E-state index is 0.0963. The molecule has 4 heterocycles. The molecule has 0 amide bonds. The van der Waals surface area contributed by atoms with Gasteiger partial charge >= 0.3 is 0 Å². The summed E-state index contributed by atoms with van der Waals surface area (Å²) in [6.45, 7) is 4.25. The summed E-state index contributed by atoms with van der Waals surface area (Å²) in [6.07, 6.45) is 3.40. The Labute approximate surface area is 149 Å². The first kappa shape index (κ1) is 15.2. The molecule has 0 bridgehead atoms. The molecule has 4 aromatic rings. The summed E-state index contributed by atoms with van der Waals surface area (Å²) in [7, 11) is 0. The second kappa shape index (κ2) is 5.74. The number of anilines is 2. The Morgan fingerprint density at radius 3 is 3.08 bits per heavy atom. The molecule has 1 aromatic carbocycles. The minimum Gasteiger partial charge on any atom is -0.489 e. The second-order valence-electron chi connectivity index (χ2n) is 7.00. The van der Waals surface area contributed by atoms with E-state index in [4.69, 9.17) is 13.9 Å². The van der Waals surface area contributed by atoms with Crippen LogP contribution >= 0.6 is 0 Å². The number of benzene rings is 1. The Hall–Kier alpha value is -3.06. The van der Waals surface area contributed by atoms with Crippen LogP contribution in [-0.2, 0) is 4.74 Å². The summed E-state index contributed by atoms with van der Waals surface area (Å²) in [5.41, 5.74) is 3.41. The van der Waals surface area contributed by atoms with Crippen molar-refractivity contribution in [2.24, 2.45) is 5.41 Å². The summed E-state index contributed by atoms with van der Waals surface area (Å²) in [4.78, 5) is 4.35. The van der Waals surface area contributed by atoms with Crippen LogP contribution in [-0.4, -0.2) is 35.0 Å². The first-order chi connectivity index (χ1) is 12.7. The van der Waals surface area contributed by atoms with Crippen LogP contribution in [0.4, 0.5) is 11.5 Å². The van der Waals surface area contributed by atoms with Crippen molar-refractivity contribution in [1.29, 1.82) is 0 Å². The summed E-state index contributed by atoms with van der Waals surface area (Å²) >= 11 is 0. The molecule has 0 unspecified atom stereocenters. The first-order valence-corrected chi connectivity index (χ1v) is 8.48. The summed E-state index contributed by atoms with van der Waals surface area (Å²) < 4.78 is 16.9. The highest BCUT2D eigenvalue weighted by molar-refractivity contribution is 5.90. The zero-order chi connectivity index (χ0) is 17.6. The van der Waals surface area contributed by atoms with Crippen molar-refractivity contribution >= 4 is 33.5 Å².